The maximum atomic E-state index is 5.51. The van der Waals surface area contributed by atoms with Gasteiger partial charge in [0.15, 0.2) is 0 Å². The third kappa shape index (κ3) is 2.71. The van der Waals surface area contributed by atoms with Crippen LogP contribution in [0.3, 0.4) is 0 Å². The van der Waals surface area contributed by atoms with Crippen molar-refractivity contribution in [3.63, 3.8) is 0 Å². The van der Waals surface area contributed by atoms with Gasteiger partial charge in [0.1, 0.15) is 0 Å². The van der Waals surface area contributed by atoms with E-state index in [-0.39, 0.29) is 5.60 Å². The van der Waals surface area contributed by atoms with Crippen molar-refractivity contribution in [2.75, 3.05) is 24.8 Å². The standard InChI is InChI=1S/C9H15IO2/c1-11-9(3-2-6-10)4-7-12-8-5-9/h2-3H,4-8H2,1H3/b3-2+. The fraction of sp³-hybridized carbons (Fsp3) is 0.778. The summed E-state index contributed by atoms with van der Waals surface area (Å²) < 4.78 is 11.8. The highest BCUT2D eigenvalue weighted by atomic mass is 127. The normalized spacial score (nSPS) is 23.2. The number of ether oxygens (including phenoxy) is 2. The average Bonchev–Trinajstić information content (AvgIpc) is 2.16. The van der Waals surface area contributed by atoms with E-state index in [1.165, 1.54) is 0 Å². The lowest BCUT2D eigenvalue weighted by Gasteiger charge is -2.33. The largest absolute Gasteiger partial charge is 0.381 e. The Hall–Kier alpha value is 0.390. The van der Waals surface area contributed by atoms with Crippen LogP contribution in [0, 0.1) is 0 Å². The highest BCUT2D eigenvalue weighted by Crippen LogP contribution is 2.25. The molecule has 0 aromatic rings. The van der Waals surface area contributed by atoms with E-state index < -0.39 is 0 Å². The Labute approximate surface area is 87.5 Å². The number of halogens is 1. The van der Waals surface area contributed by atoms with Gasteiger partial charge in [0.2, 0.25) is 0 Å². The zero-order chi connectivity index (χ0) is 8.86. The van der Waals surface area contributed by atoms with Gasteiger partial charge in [0, 0.05) is 37.6 Å². The average molecular weight is 282 g/mol. The smallest absolute Gasteiger partial charge is 0.0902 e. The first kappa shape index (κ1) is 10.5. The lowest BCUT2D eigenvalue weighted by Crippen LogP contribution is -2.36. The van der Waals surface area contributed by atoms with Crippen LogP contribution in [0.5, 0.6) is 0 Å². The highest BCUT2D eigenvalue weighted by molar-refractivity contribution is 14.1. The van der Waals surface area contributed by atoms with Gasteiger partial charge in [-0.15, -0.1) is 0 Å². The van der Waals surface area contributed by atoms with E-state index in [9.17, 15) is 0 Å². The minimum atomic E-state index is -0.0383. The van der Waals surface area contributed by atoms with Crippen LogP contribution in [-0.4, -0.2) is 30.4 Å². The van der Waals surface area contributed by atoms with Crippen LogP contribution in [0.4, 0.5) is 0 Å². The van der Waals surface area contributed by atoms with Gasteiger partial charge in [-0.2, -0.15) is 0 Å². The van der Waals surface area contributed by atoms with Crippen molar-refractivity contribution in [3.05, 3.63) is 12.2 Å². The van der Waals surface area contributed by atoms with Gasteiger partial charge in [-0.1, -0.05) is 34.7 Å². The second-order valence-corrected chi connectivity index (χ2v) is 3.82. The predicted molar refractivity (Wildman–Crippen MR) is 57.8 cm³/mol. The Balaban J connectivity index is 2.53. The number of allylic oxidation sites excluding steroid dienone is 1. The fourth-order valence-electron chi connectivity index (χ4n) is 1.42. The Morgan fingerprint density at radius 1 is 1.50 bits per heavy atom. The van der Waals surface area contributed by atoms with Crippen LogP contribution in [-0.2, 0) is 9.47 Å². The van der Waals surface area contributed by atoms with E-state index in [1.54, 1.807) is 7.11 Å². The zero-order valence-corrected chi connectivity index (χ0v) is 9.54. The van der Waals surface area contributed by atoms with Crippen molar-refractivity contribution < 1.29 is 9.47 Å². The van der Waals surface area contributed by atoms with E-state index in [1.807, 2.05) is 0 Å². The monoisotopic (exact) mass is 282 g/mol. The Morgan fingerprint density at radius 3 is 2.67 bits per heavy atom. The molecule has 0 unspecified atom stereocenters. The first-order chi connectivity index (χ1) is 5.83. The SMILES string of the molecule is COC1(/C=C/CI)CCOCC1. The third-order valence-electron chi connectivity index (χ3n) is 2.26. The lowest BCUT2D eigenvalue weighted by molar-refractivity contribution is -0.0586. The summed E-state index contributed by atoms with van der Waals surface area (Å²) in [6.07, 6.45) is 6.31. The molecule has 1 aliphatic heterocycles. The van der Waals surface area contributed by atoms with E-state index >= 15 is 0 Å². The van der Waals surface area contributed by atoms with Crippen molar-refractivity contribution in [3.8, 4) is 0 Å². The molecule has 70 valence electrons. The summed E-state index contributed by atoms with van der Waals surface area (Å²) in [6, 6.07) is 0. The summed E-state index contributed by atoms with van der Waals surface area (Å²) in [5, 5.41) is 0. The molecule has 0 bridgehead atoms. The van der Waals surface area contributed by atoms with Crippen molar-refractivity contribution in [2.45, 2.75) is 18.4 Å². The van der Waals surface area contributed by atoms with Crippen LogP contribution in [0.25, 0.3) is 0 Å². The molecule has 0 aliphatic carbocycles. The van der Waals surface area contributed by atoms with Gasteiger partial charge >= 0.3 is 0 Å². The molecule has 1 heterocycles. The number of hydrogen-bond donors (Lipinski definition) is 0. The fourth-order valence-corrected chi connectivity index (χ4v) is 1.67. The molecule has 1 aliphatic rings. The highest BCUT2D eigenvalue weighted by Gasteiger charge is 2.28. The number of methoxy groups -OCH3 is 1. The van der Waals surface area contributed by atoms with Crippen LogP contribution in [0.2, 0.25) is 0 Å². The maximum Gasteiger partial charge on any atom is 0.0902 e. The molecule has 0 aromatic carbocycles. The van der Waals surface area contributed by atoms with Crippen molar-refractivity contribution in [1.82, 2.24) is 0 Å². The topological polar surface area (TPSA) is 18.5 Å². The molecule has 1 saturated heterocycles. The molecule has 0 aromatic heterocycles. The minimum Gasteiger partial charge on any atom is -0.381 e. The second-order valence-electron chi connectivity index (χ2n) is 2.94. The molecule has 0 N–H and O–H groups in total. The zero-order valence-electron chi connectivity index (χ0n) is 7.38. The van der Waals surface area contributed by atoms with Gasteiger partial charge in [-0.05, 0) is 0 Å². The van der Waals surface area contributed by atoms with Gasteiger partial charge in [-0.3, -0.25) is 0 Å². The van der Waals surface area contributed by atoms with Crippen molar-refractivity contribution in [2.24, 2.45) is 0 Å². The summed E-state index contributed by atoms with van der Waals surface area (Å²) in [6.45, 7) is 1.64. The van der Waals surface area contributed by atoms with E-state index in [0.29, 0.717) is 0 Å². The molecule has 12 heavy (non-hydrogen) atoms. The maximum absolute atomic E-state index is 5.51. The van der Waals surface area contributed by atoms with Crippen LogP contribution >= 0.6 is 22.6 Å². The summed E-state index contributed by atoms with van der Waals surface area (Å²) in [7, 11) is 1.78. The Kier molecular flexibility index (Phi) is 4.53. The lowest BCUT2D eigenvalue weighted by atomic mass is 9.94. The molecule has 0 radical (unpaired) electrons. The molecule has 0 atom stereocenters. The summed E-state index contributed by atoms with van der Waals surface area (Å²) in [5.41, 5.74) is -0.0383. The van der Waals surface area contributed by atoms with Crippen LogP contribution in [0.1, 0.15) is 12.8 Å². The number of hydrogen-bond acceptors (Lipinski definition) is 2. The van der Waals surface area contributed by atoms with Crippen molar-refractivity contribution in [1.29, 1.82) is 0 Å². The third-order valence-corrected chi connectivity index (χ3v) is 2.76. The van der Waals surface area contributed by atoms with Crippen LogP contribution < -0.4 is 0 Å². The molecule has 1 rings (SSSR count). The molecule has 0 spiro atoms. The summed E-state index contributed by atoms with van der Waals surface area (Å²) in [4.78, 5) is 0. The van der Waals surface area contributed by atoms with E-state index in [4.69, 9.17) is 9.47 Å². The molecular formula is C9H15IO2. The van der Waals surface area contributed by atoms with E-state index in [2.05, 4.69) is 34.7 Å². The first-order valence-electron chi connectivity index (χ1n) is 4.19. The summed E-state index contributed by atoms with van der Waals surface area (Å²) in [5.74, 6) is 0. The molecule has 0 saturated carbocycles. The van der Waals surface area contributed by atoms with Gasteiger partial charge in [0.25, 0.3) is 0 Å². The predicted octanol–water partition coefficient (Wildman–Crippen LogP) is 2.17. The second kappa shape index (κ2) is 5.19. The van der Waals surface area contributed by atoms with Crippen molar-refractivity contribution >= 4 is 22.6 Å². The minimum absolute atomic E-state index is 0.0383. The van der Waals surface area contributed by atoms with Gasteiger partial charge < -0.3 is 9.47 Å². The van der Waals surface area contributed by atoms with Crippen LogP contribution in [0.15, 0.2) is 12.2 Å². The van der Waals surface area contributed by atoms with Gasteiger partial charge in [0.05, 0.1) is 5.60 Å². The molecule has 1 fully saturated rings. The van der Waals surface area contributed by atoms with E-state index in [0.717, 1.165) is 30.5 Å². The molecule has 2 nitrogen and oxygen atoms in total. The Bertz CT molecular complexity index is 151. The molecule has 3 heteroatoms. The molecular weight excluding hydrogens is 267 g/mol. The van der Waals surface area contributed by atoms with Gasteiger partial charge in [-0.25, -0.2) is 0 Å². The summed E-state index contributed by atoms with van der Waals surface area (Å²) >= 11 is 2.33. The quantitative estimate of drug-likeness (QED) is 0.449. The molecule has 0 amide bonds. The first-order valence-corrected chi connectivity index (χ1v) is 5.72. The Morgan fingerprint density at radius 2 is 2.17 bits per heavy atom. The number of rotatable bonds is 3. The number of alkyl halides is 1.